The van der Waals surface area contributed by atoms with E-state index in [0.717, 1.165) is 19.3 Å². The van der Waals surface area contributed by atoms with Gasteiger partial charge >= 0.3 is 0 Å². The standard InChI is InChI=1S/C12H15ClN2O2S/c1-2-3-4-7-15-18(16,17)11-6-5-10(9-14)12(13)8-11/h5-6,8,15H,2-4,7H2,1H3. The fourth-order valence-electron chi connectivity index (χ4n) is 1.42. The normalized spacial score (nSPS) is 11.2. The third kappa shape index (κ3) is 3.98. The van der Waals surface area contributed by atoms with Crippen LogP contribution in [0.1, 0.15) is 31.7 Å². The quantitative estimate of drug-likeness (QED) is 0.817. The van der Waals surface area contributed by atoms with Gasteiger partial charge in [-0.25, -0.2) is 13.1 Å². The van der Waals surface area contributed by atoms with Crippen molar-refractivity contribution in [2.45, 2.75) is 31.1 Å². The van der Waals surface area contributed by atoms with E-state index < -0.39 is 10.0 Å². The fourth-order valence-corrected chi connectivity index (χ4v) is 2.81. The molecule has 0 aliphatic heterocycles. The van der Waals surface area contributed by atoms with Crippen molar-refractivity contribution < 1.29 is 8.42 Å². The molecule has 0 spiro atoms. The molecular formula is C12H15ClN2O2S. The van der Waals surface area contributed by atoms with Gasteiger partial charge in [-0.2, -0.15) is 5.26 Å². The van der Waals surface area contributed by atoms with Gasteiger partial charge in [0.25, 0.3) is 0 Å². The van der Waals surface area contributed by atoms with E-state index in [1.165, 1.54) is 18.2 Å². The third-order valence-electron chi connectivity index (χ3n) is 2.44. The Labute approximate surface area is 113 Å². The number of nitriles is 1. The SMILES string of the molecule is CCCCCNS(=O)(=O)c1ccc(C#N)c(Cl)c1. The number of hydrogen-bond acceptors (Lipinski definition) is 3. The molecule has 0 unspecified atom stereocenters. The molecule has 1 rings (SSSR count). The first-order valence-corrected chi connectivity index (χ1v) is 7.56. The van der Waals surface area contributed by atoms with Crippen LogP contribution in [0.4, 0.5) is 0 Å². The molecule has 6 heteroatoms. The van der Waals surface area contributed by atoms with Crippen molar-refractivity contribution in [3.63, 3.8) is 0 Å². The van der Waals surface area contributed by atoms with Crippen LogP contribution in [-0.2, 0) is 10.0 Å². The van der Waals surface area contributed by atoms with Gasteiger partial charge in [-0.05, 0) is 24.6 Å². The highest BCUT2D eigenvalue weighted by atomic mass is 35.5. The summed E-state index contributed by atoms with van der Waals surface area (Å²) in [6.45, 7) is 2.46. The minimum atomic E-state index is -3.53. The molecule has 98 valence electrons. The topological polar surface area (TPSA) is 70.0 Å². The van der Waals surface area contributed by atoms with Gasteiger partial charge in [0.05, 0.1) is 15.5 Å². The molecule has 0 saturated heterocycles. The fraction of sp³-hybridized carbons (Fsp3) is 0.417. The van der Waals surface area contributed by atoms with Crippen molar-refractivity contribution >= 4 is 21.6 Å². The lowest BCUT2D eigenvalue weighted by atomic mass is 10.2. The molecule has 18 heavy (non-hydrogen) atoms. The summed E-state index contributed by atoms with van der Waals surface area (Å²) >= 11 is 5.80. The molecular weight excluding hydrogens is 272 g/mol. The summed E-state index contributed by atoms with van der Waals surface area (Å²) in [6, 6.07) is 5.97. The number of hydrogen-bond donors (Lipinski definition) is 1. The highest BCUT2D eigenvalue weighted by Gasteiger charge is 2.14. The van der Waals surface area contributed by atoms with Gasteiger partial charge in [-0.1, -0.05) is 31.4 Å². The summed E-state index contributed by atoms with van der Waals surface area (Å²) in [5.74, 6) is 0. The van der Waals surface area contributed by atoms with E-state index >= 15 is 0 Å². The van der Waals surface area contributed by atoms with Crippen LogP contribution in [0.2, 0.25) is 5.02 Å². The maximum Gasteiger partial charge on any atom is 0.240 e. The second-order valence-electron chi connectivity index (χ2n) is 3.86. The smallest absolute Gasteiger partial charge is 0.211 e. The largest absolute Gasteiger partial charge is 0.240 e. The first kappa shape index (κ1) is 15.0. The molecule has 1 aromatic carbocycles. The molecule has 0 saturated carbocycles. The van der Waals surface area contributed by atoms with Crippen LogP contribution in [0, 0.1) is 11.3 Å². The van der Waals surface area contributed by atoms with E-state index in [0.29, 0.717) is 6.54 Å². The van der Waals surface area contributed by atoms with Gasteiger partial charge in [0.1, 0.15) is 6.07 Å². The summed E-state index contributed by atoms with van der Waals surface area (Å²) in [6.07, 6.45) is 2.82. The molecule has 0 amide bonds. The maximum absolute atomic E-state index is 11.9. The van der Waals surface area contributed by atoms with Crippen molar-refractivity contribution in [1.29, 1.82) is 5.26 Å². The van der Waals surface area contributed by atoms with Gasteiger partial charge in [0.15, 0.2) is 0 Å². The lowest BCUT2D eigenvalue weighted by Crippen LogP contribution is -2.24. The molecule has 4 nitrogen and oxygen atoms in total. The summed E-state index contributed by atoms with van der Waals surface area (Å²) in [7, 11) is -3.53. The first-order chi connectivity index (χ1) is 8.51. The van der Waals surface area contributed by atoms with Crippen molar-refractivity contribution in [2.75, 3.05) is 6.54 Å². The zero-order chi connectivity index (χ0) is 13.6. The number of benzene rings is 1. The Morgan fingerprint density at radius 2 is 2.11 bits per heavy atom. The molecule has 1 aromatic rings. The van der Waals surface area contributed by atoms with E-state index in [1.54, 1.807) is 0 Å². The molecule has 0 radical (unpaired) electrons. The lowest BCUT2D eigenvalue weighted by molar-refractivity contribution is 0.576. The monoisotopic (exact) mass is 286 g/mol. The molecule has 0 atom stereocenters. The van der Waals surface area contributed by atoms with Crippen molar-refractivity contribution in [3.8, 4) is 6.07 Å². The van der Waals surface area contributed by atoms with Gasteiger partial charge < -0.3 is 0 Å². The predicted octanol–water partition coefficient (Wildman–Crippen LogP) is 2.68. The highest BCUT2D eigenvalue weighted by molar-refractivity contribution is 7.89. The van der Waals surface area contributed by atoms with Crippen molar-refractivity contribution in [3.05, 3.63) is 28.8 Å². The maximum atomic E-state index is 11.9. The highest BCUT2D eigenvalue weighted by Crippen LogP contribution is 2.20. The molecule has 0 fully saturated rings. The van der Waals surface area contributed by atoms with Crippen LogP contribution < -0.4 is 4.72 Å². The number of nitrogens with one attached hydrogen (secondary N) is 1. The van der Waals surface area contributed by atoms with E-state index in [9.17, 15) is 8.42 Å². The predicted molar refractivity (Wildman–Crippen MR) is 70.9 cm³/mol. The van der Waals surface area contributed by atoms with E-state index in [4.69, 9.17) is 16.9 Å². The van der Waals surface area contributed by atoms with Crippen LogP contribution in [-0.4, -0.2) is 15.0 Å². The van der Waals surface area contributed by atoms with Crippen LogP contribution >= 0.6 is 11.6 Å². The average molecular weight is 287 g/mol. The van der Waals surface area contributed by atoms with Crippen molar-refractivity contribution in [2.24, 2.45) is 0 Å². The van der Waals surface area contributed by atoms with Crippen LogP contribution in [0.25, 0.3) is 0 Å². The van der Waals surface area contributed by atoms with Crippen LogP contribution in [0.15, 0.2) is 23.1 Å². The average Bonchev–Trinajstić information content (AvgIpc) is 2.34. The molecule has 0 bridgehead atoms. The van der Waals surface area contributed by atoms with Crippen LogP contribution in [0.3, 0.4) is 0 Å². The Hall–Kier alpha value is -1.09. The molecule has 0 heterocycles. The number of unbranched alkanes of at least 4 members (excludes halogenated alkanes) is 2. The zero-order valence-electron chi connectivity index (χ0n) is 10.1. The molecule has 0 aromatic heterocycles. The molecule has 0 aliphatic rings. The van der Waals surface area contributed by atoms with Gasteiger partial charge in [0, 0.05) is 6.54 Å². The Bertz CT molecular complexity index is 550. The number of sulfonamides is 1. The van der Waals surface area contributed by atoms with E-state index in [1.807, 2.05) is 6.07 Å². The minimum Gasteiger partial charge on any atom is -0.211 e. The Kier molecular flexibility index (Phi) is 5.60. The Morgan fingerprint density at radius 1 is 1.39 bits per heavy atom. The third-order valence-corrected chi connectivity index (χ3v) is 4.22. The Morgan fingerprint density at radius 3 is 2.67 bits per heavy atom. The minimum absolute atomic E-state index is 0.0861. The van der Waals surface area contributed by atoms with E-state index in [2.05, 4.69) is 11.6 Å². The van der Waals surface area contributed by atoms with Gasteiger partial charge in [-0.3, -0.25) is 0 Å². The second kappa shape index (κ2) is 6.74. The van der Waals surface area contributed by atoms with Gasteiger partial charge in [-0.15, -0.1) is 0 Å². The van der Waals surface area contributed by atoms with E-state index in [-0.39, 0.29) is 15.5 Å². The second-order valence-corrected chi connectivity index (χ2v) is 6.03. The summed E-state index contributed by atoms with van der Waals surface area (Å²) in [5, 5.41) is 8.86. The van der Waals surface area contributed by atoms with Crippen molar-refractivity contribution in [1.82, 2.24) is 4.72 Å². The van der Waals surface area contributed by atoms with Crippen LogP contribution in [0.5, 0.6) is 0 Å². The van der Waals surface area contributed by atoms with Gasteiger partial charge in [0.2, 0.25) is 10.0 Å². The summed E-state index contributed by atoms with van der Waals surface area (Å²) in [4.78, 5) is 0.0861. The number of rotatable bonds is 6. The lowest BCUT2D eigenvalue weighted by Gasteiger charge is -2.07. The number of nitrogens with zero attached hydrogens (tertiary/aromatic N) is 1. The Balaban J connectivity index is 2.80. The number of halogens is 1. The summed E-state index contributed by atoms with van der Waals surface area (Å²) < 4.78 is 26.3. The zero-order valence-corrected chi connectivity index (χ0v) is 11.7. The molecule has 1 N–H and O–H groups in total. The summed E-state index contributed by atoms with van der Waals surface area (Å²) in [5.41, 5.74) is 0.265. The molecule has 0 aliphatic carbocycles. The first-order valence-electron chi connectivity index (χ1n) is 5.70.